The average molecular weight is 235 g/mol. The van der Waals surface area contributed by atoms with E-state index in [1.807, 2.05) is 32.0 Å². The number of hydrogen-bond acceptors (Lipinski definition) is 4. The number of imidazole rings is 1. The van der Waals surface area contributed by atoms with E-state index < -0.39 is 0 Å². The Hall–Kier alpha value is -1.75. The van der Waals surface area contributed by atoms with Crippen LogP contribution >= 0.6 is 0 Å². The third-order valence-electron chi connectivity index (χ3n) is 2.35. The Morgan fingerprint density at radius 3 is 3.06 bits per heavy atom. The molecule has 1 aromatic carbocycles. The van der Waals surface area contributed by atoms with Gasteiger partial charge < -0.3 is 20.2 Å². The minimum absolute atomic E-state index is 0.0344. The van der Waals surface area contributed by atoms with Crippen molar-refractivity contribution in [1.29, 1.82) is 0 Å². The Balaban J connectivity index is 2.08. The van der Waals surface area contributed by atoms with Crippen molar-refractivity contribution in [1.82, 2.24) is 9.97 Å². The van der Waals surface area contributed by atoms with Crippen molar-refractivity contribution >= 4 is 16.7 Å². The zero-order valence-corrected chi connectivity index (χ0v) is 10.1. The molecule has 2 aromatic rings. The molecule has 0 fully saturated rings. The van der Waals surface area contributed by atoms with E-state index >= 15 is 0 Å². The first-order chi connectivity index (χ1) is 8.19. The highest BCUT2D eigenvalue weighted by molar-refractivity contribution is 5.79. The number of fused-ring (bicyclic) bond motifs is 1. The van der Waals surface area contributed by atoms with E-state index in [9.17, 15) is 0 Å². The molecule has 3 N–H and O–H groups in total. The summed E-state index contributed by atoms with van der Waals surface area (Å²) in [5, 5.41) is 0. The maximum absolute atomic E-state index is 5.69. The van der Waals surface area contributed by atoms with Crippen LogP contribution < -0.4 is 10.5 Å². The molecule has 0 radical (unpaired) electrons. The molecule has 1 heterocycles. The summed E-state index contributed by atoms with van der Waals surface area (Å²) in [6.45, 7) is 5.13. The monoisotopic (exact) mass is 235 g/mol. The number of hydrogen-bond donors (Lipinski definition) is 2. The van der Waals surface area contributed by atoms with Gasteiger partial charge in [-0.25, -0.2) is 0 Å². The quantitative estimate of drug-likeness (QED) is 0.777. The predicted octanol–water partition coefficient (Wildman–Crippen LogP) is 1.95. The third kappa shape index (κ3) is 2.88. The summed E-state index contributed by atoms with van der Waals surface area (Å²) >= 11 is 0. The fourth-order valence-corrected chi connectivity index (χ4v) is 1.57. The summed E-state index contributed by atoms with van der Waals surface area (Å²) in [7, 11) is 0. The van der Waals surface area contributed by atoms with E-state index in [-0.39, 0.29) is 6.10 Å². The Morgan fingerprint density at radius 1 is 1.47 bits per heavy atom. The summed E-state index contributed by atoms with van der Waals surface area (Å²) in [5.74, 6) is 0. The molecule has 5 heteroatoms. The van der Waals surface area contributed by atoms with Crippen LogP contribution in [0.3, 0.4) is 0 Å². The van der Waals surface area contributed by atoms with Gasteiger partial charge in [0.1, 0.15) is 6.10 Å². The van der Waals surface area contributed by atoms with Gasteiger partial charge in [-0.15, -0.1) is 0 Å². The lowest BCUT2D eigenvalue weighted by Crippen LogP contribution is -2.19. The van der Waals surface area contributed by atoms with E-state index in [1.54, 1.807) is 0 Å². The van der Waals surface area contributed by atoms with Crippen LogP contribution in [-0.4, -0.2) is 29.3 Å². The lowest BCUT2D eigenvalue weighted by Gasteiger charge is -2.11. The van der Waals surface area contributed by atoms with Crippen LogP contribution in [0.15, 0.2) is 18.2 Å². The van der Waals surface area contributed by atoms with Gasteiger partial charge in [-0.05, 0) is 32.0 Å². The highest BCUT2D eigenvalue weighted by Gasteiger charge is 2.08. The Labute approximate surface area is 99.9 Å². The van der Waals surface area contributed by atoms with Crippen molar-refractivity contribution in [2.45, 2.75) is 20.0 Å². The second-order valence-electron chi connectivity index (χ2n) is 3.91. The zero-order chi connectivity index (χ0) is 12.3. The molecule has 0 aliphatic carbocycles. The van der Waals surface area contributed by atoms with Gasteiger partial charge in [0.05, 0.1) is 17.6 Å². The highest BCUT2D eigenvalue weighted by atomic mass is 16.5. The van der Waals surface area contributed by atoms with E-state index in [1.165, 1.54) is 0 Å². The number of nitrogen functional groups attached to an aromatic ring is 1. The molecule has 0 aliphatic heterocycles. The van der Waals surface area contributed by atoms with Crippen LogP contribution in [0.2, 0.25) is 0 Å². The fraction of sp³-hybridized carbons (Fsp3) is 0.417. The summed E-state index contributed by atoms with van der Waals surface area (Å²) in [6.07, 6.45) is -0.0344. The maximum atomic E-state index is 5.69. The van der Waals surface area contributed by atoms with Crippen molar-refractivity contribution in [3.8, 4) is 6.01 Å². The largest absolute Gasteiger partial charge is 0.459 e. The number of anilines is 1. The molecule has 92 valence electrons. The topological polar surface area (TPSA) is 73.2 Å². The SMILES string of the molecule is CCOCC(C)Oc1nc2ccc(N)cc2[nH]1. The van der Waals surface area contributed by atoms with Crippen molar-refractivity contribution in [2.75, 3.05) is 18.9 Å². The number of aromatic amines is 1. The van der Waals surface area contributed by atoms with E-state index in [2.05, 4.69) is 9.97 Å². The molecular weight excluding hydrogens is 218 g/mol. The van der Waals surface area contributed by atoms with Crippen molar-refractivity contribution < 1.29 is 9.47 Å². The zero-order valence-electron chi connectivity index (χ0n) is 10.1. The molecule has 0 saturated heterocycles. The molecule has 0 amide bonds. The molecule has 1 atom stereocenters. The van der Waals surface area contributed by atoms with Gasteiger partial charge in [0.25, 0.3) is 6.01 Å². The van der Waals surface area contributed by atoms with Crippen molar-refractivity contribution in [2.24, 2.45) is 0 Å². The minimum atomic E-state index is -0.0344. The van der Waals surface area contributed by atoms with E-state index in [0.717, 1.165) is 11.0 Å². The molecule has 5 nitrogen and oxygen atoms in total. The molecule has 0 aliphatic rings. The van der Waals surface area contributed by atoms with Gasteiger partial charge in [-0.1, -0.05) is 0 Å². The Morgan fingerprint density at radius 2 is 2.29 bits per heavy atom. The predicted molar refractivity (Wildman–Crippen MR) is 67.1 cm³/mol. The van der Waals surface area contributed by atoms with Gasteiger partial charge in [-0.3, -0.25) is 0 Å². The van der Waals surface area contributed by atoms with E-state index in [4.69, 9.17) is 15.2 Å². The number of nitrogens with two attached hydrogens (primary N) is 1. The van der Waals surface area contributed by atoms with Crippen LogP contribution in [-0.2, 0) is 4.74 Å². The number of nitrogens with zero attached hydrogens (tertiary/aromatic N) is 1. The van der Waals surface area contributed by atoms with Gasteiger partial charge >= 0.3 is 0 Å². The van der Waals surface area contributed by atoms with Gasteiger partial charge in [0.2, 0.25) is 0 Å². The molecular formula is C12H17N3O2. The lowest BCUT2D eigenvalue weighted by atomic mass is 10.3. The number of benzene rings is 1. The standard InChI is InChI=1S/C12H17N3O2/c1-3-16-7-8(2)17-12-14-10-5-4-9(13)6-11(10)15-12/h4-6,8H,3,7,13H2,1-2H3,(H,14,15). The second-order valence-corrected chi connectivity index (χ2v) is 3.91. The van der Waals surface area contributed by atoms with E-state index in [0.29, 0.717) is 24.9 Å². The molecule has 1 unspecified atom stereocenters. The van der Waals surface area contributed by atoms with Crippen LogP contribution in [0.1, 0.15) is 13.8 Å². The molecule has 0 saturated carbocycles. The first-order valence-corrected chi connectivity index (χ1v) is 5.68. The molecule has 0 bridgehead atoms. The number of nitrogens with one attached hydrogen (secondary N) is 1. The summed E-state index contributed by atoms with van der Waals surface area (Å²) in [5.41, 5.74) is 8.12. The lowest BCUT2D eigenvalue weighted by molar-refractivity contribution is 0.0614. The van der Waals surface area contributed by atoms with Gasteiger partial charge in [0, 0.05) is 12.3 Å². The fourth-order valence-electron chi connectivity index (χ4n) is 1.57. The van der Waals surface area contributed by atoms with Gasteiger partial charge in [0.15, 0.2) is 0 Å². The number of ether oxygens (including phenoxy) is 2. The first kappa shape index (κ1) is 11.7. The number of rotatable bonds is 5. The van der Waals surface area contributed by atoms with Crippen LogP contribution in [0.4, 0.5) is 5.69 Å². The van der Waals surface area contributed by atoms with Gasteiger partial charge in [-0.2, -0.15) is 4.98 Å². The Kier molecular flexibility index (Phi) is 3.49. The average Bonchev–Trinajstić information content (AvgIpc) is 2.67. The molecule has 17 heavy (non-hydrogen) atoms. The van der Waals surface area contributed by atoms with Crippen molar-refractivity contribution in [3.63, 3.8) is 0 Å². The smallest absolute Gasteiger partial charge is 0.294 e. The van der Waals surface area contributed by atoms with Crippen LogP contribution in [0, 0.1) is 0 Å². The minimum Gasteiger partial charge on any atom is -0.459 e. The highest BCUT2D eigenvalue weighted by Crippen LogP contribution is 2.18. The van der Waals surface area contributed by atoms with Crippen LogP contribution in [0.5, 0.6) is 6.01 Å². The first-order valence-electron chi connectivity index (χ1n) is 5.68. The summed E-state index contributed by atoms with van der Waals surface area (Å²) in [4.78, 5) is 7.39. The van der Waals surface area contributed by atoms with Crippen LogP contribution in [0.25, 0.3) is 11.0 Å². The number of H-pyrrole nitrogens is 1. The second kappa shape index (κ2) is 5.05. The molecule has 1 aromatic heterocycles. The maximum Gasteiger partial charge on any atom is 0.294 e. The summed E-state index contributed by atoms with van der Waals surface area (Å²) in [6, 6.07) is 6.01. The third-order valence-corrected chi connectivity index (χ3v) is 2.35. The molecule has 2 rings (SSSR count). The molecule has 0 spiro atoms. The normalized spacial score (nSPS) is 12.8. The summed E-state index contributed by atoms with van der Waals surface area (Å²) < 4.78 is 10.9. The van der Waals surface area contributed by atoms with Crippen molar-refractivity contribution in [3.05, 3.63) is 18.2 Å². The number of aromatic nitrogens is 2. The Bertz CT molecular complexity index is 495.